The molecule has 2 N–H and O–H groups in total. The van der Waals surface area contributed by atoms with Crippen LogP contribution in [0.2, 0.25) is 5.02 Å². The predicted octanol–water partition coefficient (Wildman–Crippen LogP) is 1.35. The van der Waals surface area contributed by atoms with Crippen molar-refractivity contribution in [2.45, 2.75) is 6.92 Å². The molecule has 1 rings (SSSR count). The van der Waals surface area contributed by atoms with E-state index in [1.165, 1.54) is 0 Å². The molecule has 6 heteroatoms. The van der Waals surface area contributed by atoms with Crippen LogP contribution in [0.15, 0.2) is 24.3 Å². The lowest BCUT2D eigenvalue weighted by Crippen LogP contribution is -2.38. The third-order valence-electron chi connectivity index (χ3n) is 2.35. The smallest absolute Gasteiger partial charge is 0.238 e. The van der Waals surface area contributed by atoms with Gasteiger partial charge in [-0.1, -0.05) is 23.7 Å². The number of benzene rings is 1. The Morgan fingerprint density at radius 1 is 1.21 bits per heavy atom. The van der Waals surface area contributed by atoms with E-state index in [4.69, 9.17) is 11.6 Å². The first kappa shape index (κ1) is 15.5. The van der Waals surface area contributed by atoms with Crippen molar-refractivity contribution in [3.63, 3.8) is 0 Å². The highest BCUT2D eigenvalue weighted by atomic mass is 35.5. The number of hydrogen-bond donors (Lipinski definition) is 2. The van der Waals surface area contributed by atoms with E-state index in [9.17, 15) is 9.59 Å². The highest BCUT2D eigenvalue weighted by Gasteiger charge is 2.11. The molecule has 0 radical (unpaired) electrons. The summed E-state index contributed by atoms with van der Waals surface area (Å²) < 4.78 is 0. The third-order valence-corrected chi connectivity index (χ3v) is 2.68. The van der Waals surface area contributed by atoms with Gasteiger partial charge < -0.3 is 10.6 Å². The topological polar surface area (TPSA) is 61.4 Å². The first-order valence-electron chi connectivity index (χ1n) is 6.02. The first-order valence-corrected chi connectivity index (χ1v) is 6.40. The van der Waals surface area contributed by atoms with Crippen LogP contribution in [-0.4, -0.2) is 43.4 Å². The second kappa shape index (κ2) is 7.76. The standard InChI is InChI=1S/C13H18ClN3O2/c1-3-15-12(18)8-17(2)9-13(19)16-11-7-5-4-6-10(11)14/h4-7H,3,8-9H2,1-2H3,(H,15,18)(H,16,19). The Hall–Kier alpha value is -1.59. The number of nitrogens with zero attached hydrogens (tertiary/aromatic N) is 1. The fourth-order valence-corrected chi connectivity index (χ4v) is 1.73. The number of hydrogen-bond acceptors (Lipinski definition) is 3. The molecule has 0 aliphatic rings. The lowest BCUT2D eigenvalue weighted by atomic mass is 10.3. The highest BCUT2D eigenvalue weighted by molar-refractivity contribution is 6.33. The highest BCUT2D eigenvalue weighted by Crippen LogP contribution is 2.20. The van der Waals surface area contributed by atoms with Gasteiger partial charge in [-0.2, -0.15) is 0 Å². The minimum atomic E-state index is -0.208. The van der Waals surface area contributed by atoms with Crippen LogP contribution >= 0.6 is 11.6 Å². The molecule has 0 aromatic heterocycles. The molecule has 1 aromatic carbocycles. The molecule has 0 saturated carbocycles. The van der Waals surface area contributed by atoms with E-state index >= 15 is 0 Å². The zero-order valence-electron chi connectivity index (χ0n) is 11.1. The molecule has 19 heavy (non-hydrogen) atoms. The summed E-state index contributed by atoms with van der Waals surface area (Å²) in [6, 6.07) is 7.01. The van der Waals surface area contributed by atoms with E-state index in [1.54, 1.807) is 36.2 Å². The number of amides is 2. The summed E-state index contributed by atoms with van der Waals surface area (Å²) in [4.78, 5) is 24.7. The minimum absolute atomic E-state index is 0.101. The van der Waals surface area contributed by atoms with Crippen molar-refractivity contribution in [2.24, 2.45) is 0 Å². The fraction of sp³-hybridized carbons (Fsp3) is 0.385. The van der Waals surface area contributed by atoms with E-state index in [1.807, 2.05) is 6.92 Å². The molecule has 0 heterocycles. The first-order chi connectivity index (χ1) is 9.02. The number of likely N-dealkylation sites (N-methyl/N-ethyl adjacent to an activating group) is 2. The Labute approximate surface area is 117 Å². The number of carbonyl (C=O) groups excluding carboxylic acids is 2. The van der Waals surface area contributed by atoms with E-state index in [0.717, 1.165) is 0 Å². The molecule has 0 atom stereocenters. The SMILES string of the molecule is CCNC(=O)CN(C)CC(=O)Nc1ccccc1Cl. The predicted molar refractivity (Wildman–Crippen MR) is 76.3 cm³/mol. The van der Waals surface area contributed by atoms with Crippen molar-refractivity contribution in [1.29, 1.82) is 0 Å². The monoisotopic (exact) mass is 283 g/mol. The summed E-state index contributed by atoms with van der Waals surface area (Å²) in [5.41, 5.74) is 0.570. The molecule has 0 bridgehead atoms. The summed E-state index contributed by atoms with van der Waals surface area (Å²) in [6.45, 7) is 2.74. The molecule has 0 aliphatic heterocycles. The largest absolute Gasteiger partial charge is 0.355 e. The molecule has 2 amide bonds. The Morgan fingerprint density at radius 2 is 1.84 bits per heavy atom. The van der Waals surface area contributed by atoms with Crippen molar-refractivity contribution >= 4 is 29.1 Å². The van der Waals surface area contributed by atoms with Crippen LogP contribution in [0, 0.1) is 0 Å². The van der Waals surface area contributed by atoms with E-state index in [2.05, 4.69) is 10.6 Å². The minimum Gasteiger partial charge on any atom is -0.355 e. The summed E-state index contributed by atoms with van der Waals surface area (Å²) in [7, 11) is 1.71. The van der Waals surface area contributed by atoms with Crippen LogP contribution in [0.4, 0.5) is 5.69 Å². The van der Waals surface area contributed by atoms with Gasteiger partial charge in [0.05, 0.1) is 23.8 Å². The van der Waals surface area contributed by atoms with Crippen molar-refractivity contribution < 1.29 is 9.59 Å². The quantitative estimate of drug-likeness (QED) is 0.828. The van der Waals surface area contributed by atoms with Gasteiger partial charge >= 0.3 is 0 Å². The Balaban J connectivity index is 2.43. The van der Waals surface area contributed by atoms with Crippen LogP contribution in [0.5, 0.6) is 0 Å². The molecule has 104 valence electrons. The van der Waals surface area contributed by atoms with Gasteiger partial charge in [-0.15, -0.1) is 0 Å². The van der Waals surface area contributed by atoms with Crippen LogP contribution in [-0.2, 0) is 9.59 Å². The molecule has 0 fully saturated rings. The molecular weight excluding hydrogens is 266 g/mol. The summed E-state index contributed by atoms with van der Waals surface area (Å²) in [6.07, 6.45) is 0. The zero-order chi connectivity index (χ0) is 14.3. The van der Waals surface area contributed by atoms with Gasteiger partial charge in [0.25, 0.3) is 0 Å². The maximum atomic E-state index is 11.8. The second-order valence-corrected chi connectivity index (χ2v) is 4.56. The van der Waals surface area contributed by atoms with Gasteiger partial charge in [-0.3, -0.25) is 14.5 Å². The molecule has 0 saturated heterocycles. The Kier molecular flexibility index (Phi) is 6.32. The fourth-order valence-electron chi connectivity index (χ4n) is 1.55. The van der Waals surface area contributed by atoms with Gasteiger partial charge in [-0.05, 0) is 26.1 Å². The van der Waals surface area contributed by atoms with Crippen molar-refractivity contribution in [3.8, 4) is 0 Å². The summed E-state index contributed by atoms with van der Waals surface area (Å²) >= 11 is 5.94. The lowest BCUT2D eigenvalue weighted by Gasteiger charge is -2.15. The third kappa shape index (κ3) is 5.72. The van der Waals surface area contributed by atoms with Gasteiger partial charge in [-0.25, -0.2) is 0 Å². The number of anilines is 1. The van der Waals surface area contributed by atoms with E-state index < -0.39 is 0 Å². The van der Waals surface area contributed by atoms with Crippen molar-refractivity contribution in [3.05, 3.63) is 29.3 Å². The van der Waals surface area contributed by atoms with Crippen molar-refractivity contribution in [1.82, 2.24) is 10.2 Å². The molecular formula is C13H18ClN3O2. The number of rotatable bonds is 6. The molecule has 0 aliphatic carbocycles. The van der Waals surface area contributed by atoms with Crippen LogP contribution in [0.25, 0.3) is 0 Å². The van der Waals surface area contributed by atoms with Gasteiger partial charge in [0.1, 0.15) is 0 Å². The van der Waals surface area contributed by atoms with Crippen LogP contribution < -0.4 is 10.6 Å². The van der Waals surface area contributed by atoms with Gasteiger partial charge in [0.2, 0.25) is 11.8 Å². The number of nitrogens with one attached hydrogen (secondary N) is 2. The number of halogens is 1. The number of para-hydroxylation sites is 1. The lowest BCUT2D eigenvalue weighted by molar-refractivity contribution is -0.122. The van der Waals surface area contributed by atoms with Crippen LogP contribution in [0.3, 0.4) is 0 Å². The summed E-state index contributed by atoms with van der Waals surface area (Å²) in [5, 5.41) is 5.87. The van der Waals surface area contributed by atoms with Gasteiger partial charge in [0.15, 0.2) is 0 Å². The van der Waals surface area contributed by atoms with Gasteiger partial charge in [0, 0.05) is 6.54 Å². The molecule has 1 aromatic rings. The molecule has 0 spiro atoms. The normalized spacial score (nSPS) is 10.3. The Bertz CT molecular complexity index is 451. The zero-order valence-corrected chi connectivity index (χ0v) is 11.8. The Morgan fingerprint density at radius 3 is 2.47 bits per heavy atom. The molecule has 0 unspecified atom stereocenters. The van der Waals surface area contributed by atoms with Crippen LogP contribution in [0.1, 0.15) is 6.92 Å². The van der Waals surface area contributed by atoms with Crippen molar-refractivity contribution in [2.75, 3.05) is 32.0 Å². The van der Waals surface area contributed by atoms with E-state index in [0.29, 0.717) is 17.3 Å². The number of carbonyl (C=O) groups is 2. The summed E-state index contributed by atoms with van der Waals surface area (Å²) in [5.74, 6) is -0.310. The van der Waals surface area contributed by atoms with E-state index in [-0.39, 0.29) is 24.9 Å². The average molecular weight is 284 g/mol. The maximum Gasteiger partial charge on any atom is 0.238 e. The maximum absolute atomic E-state index is 11.8. The second-order valence-electron chi connectivity index (χ2n) is 4.15. The molecule has 5 nitrogen and oxygen atoms in total. The average Bonchev–Trinajstić information content (AvgIpc) is 2.31.